The molecule has 1 rings (SSSR count). The number of halogens is 1. The quantitative estimate of drug-likeness (QED) is 0.419. The Morgan fingerprint density at radius 1 is 1.19 bits per heavy atom. The van der Waals surface area contributed by atoms with Crippen LogP contribution in [-0.4, -0.2) is 32.5 Å². The van der Waals surface area contributed by atoms with Crippen LogP contribution in [0, 0.1) is 11.8 Å². The summed E-state index contributed by atoms with van der Waals surface area (Å²) in [5.41, 5.74) is 2.26. The highest BCUT2D eigenvalue weighted by Crippen LogP contribution is 2.13. The molecule has 0 radical (unpaired) electrons. The first-order valence-electron chi connectivity index (χ1n) is 7.02. The van der Waals surface area contributed by atoms with Gasteiger partial charge in [0.2, 0.25) is 0 Å². The van der Waals surface area contributed by atoms with Gasteiger partial charge in [0.25, 0.3) is 0 Å². The van der Waals surface area contributed by atoms with Gasteiger partial charge in [-0.15, -0.1) is 0 Å². The van der Waals surface area contributed by atoms with Crippen molar-refractivity contribution in [1.29, 1.82) is 0 Å². The lowest BCUT2D eigenvalue weighted by Crippen LogP contribution is -2.06. The lowest BCUT2D eigenvalue weighted by molar-refractivity contribution is -0.134. The van der Waals surface area contributed by atoms with E-state index < -0.39 is 12.6 Å². The Morgan fingerprint density at radius 3 is 2.48 bits per heavy atom. The van der Waals surface area contributed by atoms with Crippen molar-refractivity contribution in [3.8, 4) is 11.8 Å². The van der Waals surface area contributed by atoms with Crippen molar-refractivity contribution in [2.75, 3.05) is 26.4 Å². The van der Waals surface area contributed by atoms with Gasteiger partial charge >= 0.3 is 6.04 Å². The highest BCUT2D eigenvalue weighted by Gasteiger charge is 1.97. The van der Waals surface area contributed by atoms with E-state index in [1.807, 2.05) is 12.1 Å². The standard InChI is InChI=1S/C17H21FO3/c1-14(2)16-8-6-15(7-9-16)5-3-10-20-11-4-12-21-13-17(18)19/h6-9,14H,4,10-13H2,1-2H3. The Kier molecular flexibility index (Phi) is 8.34. The molecule has 0 aromatic heterocycles. The number of hydrogen-bond donors (Lipinski definition) is 0. The number of benzene rings is 1. The minimum atomic E-state index is -1.45. The van der Waals surface area contributed by atoms with Crippen LogP contribution >= 0.6 is 0 Å². The van der Waals surface area contributed by atoms with E-state index in [0.717, 1.165) is 5.56 Å². The third-order valence-electron chi connectivity index (χ3n) is 2.78. The van der Waals surface area contributed by atoms with Gasteiger partial charge in [0, 0.05) is 12.2 Å². The van der Waals surface area contributed by atoms with E-state index in [4.69, 9.17) is 9.47 Å². The summed E-state index contributed by atoms with van der Waals surface area (Å²) in [6, 6.07) is 6.72. The monoisotopic (exact) mass is 292 g/mol. The topological polar surface area (TPSA) is 35.5 Å². The molecule has 0 aliphatic heterocycles. The SMILES string of the molecule is CC(C)c1ccc(C#CCOCCCOCC(=O)F)cc1. The first-order valence-corrected chi connectivity index (χ1v) is 7.02. The van der Waals surface area contributed by atoms with E-state index in [2.05, 4.69) is 37.8 Å². The first kappa shape index (κ1) is 17.4. The first-order chi connectivity index (χ1) is 10.1. The minimum absolute atomic E-state index is 0.305. The zero-order valence-corrected chi connectivity index (χ0v) is 12.5. The molecule has 21 heavy (non-hydrogen) atoms. The van der Waals surface area contributed by atoms with Crippen molar-refractivity contribution in [3.05, 3.63) is 35.4 Å². The van der Waals surface area contributed by atoms with E-state index in [9.17, 15) is 9.18 Å². The summed E-state index contributed by atoms with van der Waals surface area (Å²) >= 11 is 0. The second-order valence-corrected chi connectivity index (χ2v) is 4.89. The van der Waals surface area contributed by atoms with E-state index in [-0.39, 0.29) is 0 Å². The third kappa shape index (κ3) is 8.23. The summed E-state index contributed by atoms with van der Waals surface area (Å²) in [5, 5.41) is 0. The molecule has 1 aromatic carbocycles. The van der Waals surface area contributed by atoms with E-state index in [1.54, 1.807) is 0 Å². The number of carbonyl (C=O) groups is 1. The molecule has 0 amide bonds. The van der Waals surface area contributed by atoms with E-state index in [1.165, 1.54) is 5.56 Å². The number of hydrogen-bond acceptors (Lipinski definition) is 3. The largest absolute Gasteiger partial charge is 0.371 e. The van der Waals surface area contributed by atoms with Crippen LogP contribution in [0.5, 0.6) is 0 Å². The fraction of sp³-hybridized carbons (Fsp3) is 0.471. The highest BCUT2D eigenvalue weighted by molar-refractivity contribution is 5.69. The zero-order valence-electron chi connectivity index (χ0n) is 12.5. The predicted octanol–water partition coefficient (Wildman–Crippen LogP) is 3.08. The number of ether oxygens (including phenoxy) is 2. The van der Waals surface area contributed by atoms with Crippen molar-refractivity contribution in [2.45, 2.75) is 26.2 Å². The molecule has 0 spiro atoms. The summed E-state index contributed by atoms with van der Waals surface area (Å²) in [5.74, 6) is 6.48. The summed E-state index contributed by atoms with van der Waals surface area (Å²) in [6.07, 6.45) is 0.609. The Bertz CT molecular complexity index is 483. The van der Waals surface area contributed by atoms with Gasteiger partial charge in [-0.1, -0.05) is 37.8 Å². The molecule has 0 aliphatic rings. The molecule has 0 bridgehead atoms. The van der Waals surface area contributed by atoms with Crippen LogP contribution in [-0.2, 0) is 14.3 Å². The Labute approximate surface area is 125 Å². The molecule has 114 valence electrons. The lowest BCUT2D eigenvalue weighted by Gasteiger charge is -2.03. The molecule has 4 heteroatoms. The van der Waals surface area contributed by atoms with Crippen LogP contribution in [0.3, 0.4) is 0 Å². The fourth-order valence-corrected chi connectivity index (χ4v) is 1.63. The van der Waals surface area contributed by atoms with Crippen LogP contribution in [0.2, 0.25) is 0 Å². The lowest BCUT2D eigenvalue weighted by atomic mass is 10.0. The Morgan fingerprint density at radius 2 is 1.86 bits per heavy atom. The average molecular weight is 292 g/mol. The van der Waals surface area contributed by atoms with Gasteiger partial charge in [-0.3, -0.25) is 4.79 Å². The molecular weight excluding hydrogens is 271 g/mol. The summed E-state index contributed by atoms with van der Waals surface area (Å²) in [6.45, 7) is 4.95. The zero-order chi connectivity index (χ0) is 15.5. The summed E-state index contributed by atoms with van der Waals surface area (Å²) in [7, 11) is 0. The molecule has 0 saturated carbocycles. The van der Waals surface area contributed by atoms with Gasteiger partial charge in [-0.05, 0) is 30.0 Å². The average Bonchev–Trinajstić information content (AvgIpc) is 2.45. The Hall–Kier alpha value is -1.70. The molecule has 0 N–H and O–H groups in total. The highest BCUT2D eigenvalue weighted by atomic mass is 19.1. The molecule has 0 fully saturated rings. The van der Waals surface area contributed by atoms with E-state index in [0.29, 0.717) is 32.2 Å². The van der Waals surface area contributed by atoms with Crippen LogP contribution in [0.15, 0.2) is 24.3 Å². The van der Waals surface area contributed by atoms with Crippen LogP contribution in [0.25, 0.3) is 0 Å². The van der Waals surface area contributed by atoms with Gasteiger partial charge < -0.3 is 9.47 Å². The van der Waals surface area contributed by atoms with Gasteiger partial charge in [-0.25, -0.2) is 0 Å². The van der Waals surface area contributed by atoms with Crippen molar-refractivity contribution < 1.29 is 18.7 Å². The second-order valence-electron chi connectivity index (χ2n) is 4.89. The van der Waals surface area contributed by atoms with Crippen molar-refractivity contribution in [2.24, 2.45) is 0 Å². The normalized spacial score (nSPS) is 10.3. The molecule has 0 aliphatic carbocycles. The van der Waals surface area contributed by atoms with Gasteiger partial charge in [-0.2, -0.15) is 4.39 Å². The van der Waals surface area contributed by atoms with E-state index >= 15 is 0 Å². The molecule has 0 heterocycles. The second kappa shape index (κ2) is 10.1. The van der Waals surface area contributed by atoms with Gasteiger partial charge in [0.15, 0.2) is 0 Å². The van der Waals surface area contributed by atoms with Crippen molar-refractivity contribution in [3.63, 3.8) is 0 Å². The molecular formula is C17H21FO3. The number of carbonyl (C=O) groups excluding carboxylic acids is 1. The minimum Gasteiger partial charge on any atom is -0.371 e. The fourth-order valence-electron chi connectivity index (χ4n) is 1.63. The predicted molar refractivity (Wildman–Crippen MR) is 79.8 cm³/mol. The maximum absolute atomic E-state index is 11.8. The third-order valence-corrected chi connectivity index (χ3v) is 2.78. The Balaban J connectivity index is 2.14. The maximum atomic E-state index is 11.8. The van der Waals surface area contributed by atoms with Crippen molar-refractivity contribution >= 4 is 6.04 Å². The molecule has 3 nitrogen and oxygen atoms in total. The van der Waals surface area contributed by atoms with Crippen LogP contribution < -0.4 is 0 Å². The van der Waals surface area contributed by atoms with Crippen LogP contribution in [0.4, 0.5) is 4.39 Å². The van der Waals surface area contributed by atoms with Gasteiger partial charge in [0.05, 0.1) is 6.61 Å². The number of rotatable bonds is 8. The molecule has 0 saturated heterocycles. The molecule has 0 unspecified atom stereocenters. The van der Waals surface area contributed by atoms with Crippen molar-refractivity contribution in [1.82, 2.24) is 0 Å². The summed E-state index contributed by atoms with van der Waals surface area (Å²) < 4.78 is 21.8. The smallest absolute Gasteiger partial charge is 0.326 e. The van der Waals surface area contributed by atoms with Crippen LogP contribution in [0.1, 0.15) is 37.3 Å². The maximum Gasteiger partial charge on any atom is 0.326 e. The molecule has 1 aromatic rings. The summed E-state index contributed by atoms with van der Waals surface area (Å²) in [4.78, 5) is 9.97. The molecule has 0 atom stereocenters. The van der Waals surface area contributed by atoms with Gasteiger partial charge in [0.1, 0.15) is 13.2 Å².